The molecule has 1 aliphatic carbocycles. The van der Waals surface area contributed by atoms with Crippen molar-refractivity contribution >= 4 is 0 Å². The lowest BCUT2D eigenvalue weighted by atomic mass is 9.85. The minimum Gasteiger partial charge on any atom is -0.387 e. The molecular formula is C7H10O6. The number of rotatable bonds is 0. The second-order valence-corrected chi connectivity index (χ2v) is 3.56. The molecule has 2 aliphatic heterocycles. The molecule has 7 unspecified atom stereocenters. The second kappa shape index (κ2) is 2.41. The van der Waals surface area contributed by atoms with Gasteiger partial charge in [0.1, 0.15) is 36.6 Å². The zero-order chi connectivity index (χ0) is 9.16. The van der Waals surface area contributed by atoms with Gasteiger partial charge in [-0.25, -0.2) is 0 Å². The fourth-order valence-electron chi connectivity index (χ4n) is 2.12. The van der Waals surface area contributed by atoms with Crippen LogP contribution in [0.25, 0.3) is 0 Å². The van der Waals surface area contributed by atoms with Gasteiger partial charge in [0.2, 0.25) is 0 Å². The molecule has 0 aromatic carbocycles. The van der Waals surface area contributed by atoms with Crippen LogP contribution in [0, 0.1) is 0 Å². The quantitative estimate of drug-likeness (QED) is 0.393. The minimum atomic E-state index is -1.11. The molecule has 7 atom stereocenters. The van der Waals surface area contributed by atoms with E-state index in [9.17, 15) is 15.3 Å². The van der Waals surface area contributed by atoms with Crippen LogP contribution >= 0.6 is 0 Å². The summed E-state index contributed by atoms with van der Waals surface area (Å²) in [5.74, 6) is 0. The standard InChI is InChI=1S/C7H10O6/c8-1-2(9)5-6-3(10)4(1)11-7(12-5)13-6/h1-10H. The molecule has 3 fully saturated rings. The first kappa shape index (κ1) is 8.10. The Balaban J connectivity index is 1.99. The van der Waals surface area contributed by atoms with Gasteiger partial charge in [-0.1, -0.05) is 0 Å². The van der Waals surface area contributed by atoms with E-state index in [1.807, 2.05) is 0 Å². The first-order chi connectivity index (χ1) is 6.18. The molecule has 0 radical (unpaired) electrons. The molecule has 0 aromatic heterocycles. The lowest BCUT2D eigenvalue weighted by Gasteiger charge is -2.41. The first-order valence-electron chi connectivity index (χ1n) is 4.19. The predicted molar refractivity (Wildman–Crippen MR) is 36.4 cm³/mol. The average molecular weight is 190 g/mol. The maximum absolute atomic E-state index is 9.57. The predicted octanol–water partition coefficient (Wildman–Crippen LogP) is -2.45. The van der Waals surface area contributed by atoms with Gasteiger partial charge < -0.3 is 29.5 Å². The molecule has 3 rings (SSSR count). The van der Waals surface area contributed by atoms with E-state index in [2.05, 4.69) is 0 Å². The smallest absolute Gasteiger partial charge is 0.272 e. The van der Waals surface area contributed by atoms with Gasteiger partial charge in [0.05, 0.1) is 0 Å². The van der Waals surface area contributed by atoms with Crippen molar-refractivity contribution in [2.24, 2.45) is 0 Å². The maximum atomic E-state index is 9.57. The van der Waals surface area contributed by atoms with Crippen molar-refractivity contribution in [3.8, 4) is 0 Å². The second-order valence-electron chi connectivity index (χ2n) is 3.56. The van der Waals surface area contributed by atoms with Crippen LogP contribution in [0.2, 0.25) is 0 Å². The van der Waals surface area contributed by atoms with E-state index in [0.717, 1.165) is 0 Å². The molecular weight excluding hydrogens is 180 g/mol. The highest BCUT2D eigenvalue weighted by Crippen LogP contribution is 2.39. The Kier molecular flexibility index (Phi) is 1.50. The number of ether oxygens (including phenoxy) is 3. The maximum Gasteiger partial charge on any atom is 0.272 e. The number of hydrogen-bond donors (Lipinski definition) is 3. The van der Waals surface area contributed by atoms with Crippen LogP contribution in [-0.2, 0) is 14.2 Å². The van der Waals surface area contributed by atoms with Crippen LogP contribution in [0.15, 0.2) is 0 Å². The molecule has 0 amide bonds. The topological polar surface area (TPSA) is 88.4 Å². The Morgan fingerprint density at radius 2 is 1.08 bits per heavy atom. The van der Waals surface area contributed by atoms with Gasteiger partial charge in [0.15, 0.2) is 0 Å². The molecule has 3 N–H and O–H groups in total. The highest BCUT2D eigenvalue weighted by atomic mass is 16.9. The number of aliphatic hydroxyl groups excluding tert-OH is 3. The summed E-state index contributed by atoms with van der Waals surface area (Å²) in [5, 5.41) is 28.6. The van der Waals surface area contributed by atoms with Crippen molar-refractivity contribution < 1.29 is 29.5 Å². The lowest BCUT2D eigenvalue weighted by Crippen LogP contribution is -2.64. The molecule has 1 saturated carbocycles. The number of aliphatic hydroxyl groups is 3. The van der Waals surface area contributed by atoms with Gasteiger partial charge in [-0.2, -0.15) is 0 Å². The Morgan fingerprint density at radius 3 is 1.77 bits per heavy atom. The molecule has 6 heteroatoms. The molecule has 2 heterocycles. The van der Waals surface area contributed by atoms with Crippen LogP contribution < -0.4 is 0 Å². The zero-order valence-electron chi connectivity index (χ0n) is 6.61. The van der Waals surface area contributed by atoms with Crippen molar-refractivity contribution in [3.63, 3.8) is 0 Å². The Hall–Kier alpha value is -0.240. The fourth-order valence-corrected chi connectivity index (χ4v) is 2.12. The van der Waals surface area contributed by atoms with Crippen LogP contribution in [-0.4, -0.2) is 58.4 Å². The van der Waals surface area contributed by atoms with Crippen molar-refractivity contribution in [1.29, 1.82) is 0 Å². The highest BCUT2D eigenvalue weighted by Gasteiger charge is 2.61. The van der Waals surface area contributed by atoms with E-state index in [1.165, 1.54) is 0 Å². The van der Waals surface area contributed by atoms with Gasteiger partial charge in [-0.05, 0) is 0 Å². The summed E-state index contributed by atoms with van der Waals surface area (Å²) in [7, 11) is 0. The van der Waals surface area contributed by atoms with Crippen LogP contribution in [0.3, 0.4) is 0 Å². The van der Waals surface area contributed by atoms with Crippen LogP contribution in [0.1, 0.15) is 0 Å². The van der Waals surface area contributed by atoms with E-state index >= 15 is 0 Å². The molecule has 2 saturated heterocycles. The summed E-state index contributed by atoms with van der Waals surface area (Å²) >= 11 is 0. The normalized spacial score (nSPS) is 64.4. The zero-order valence-corrected chi connectivity index (χ0v) is 6.61. The fraction of sp³-hybridized carbons (Fsp3) is 1.00. The molecule has 3 bridgehead atoms. The minimum absolute atomic E-state index is 0.581. The van der Waals surface area contributed by atoms with Gasteiger partial charge in [-0.15, -0.1) is 0 Å². The average Bonchev–Trinajstić information content (AvgIpc) is 2.43. The molecule has 0 aromatic rings. The van der Waals surface area contributed by atoms with Crippen molar-refractivity contribution in [2.45, 2.75) is 43.1 Å². The van der Waals surface area contributed by atoms with Crippen molar-refractivity contribution in [3.05, 3.63) is 0 Å². The van der Waals surface area contributed by atoms with E-state index < -0.39 is 43.1 Å². The Labute approximate surface area is 73.6 Å². The van der Waals surface area contributed by atoms with Gasteiger partial charge in [0.25, 0.3) is 6.48 Å². The Bertz CT molecular complexity index is 222. The summed E-state index contributed by atoms with van der Waals surface area (Å²) in [5.41, 5.74) is 0. The van der Waals surface area contributed by atoms with Gasteiger partial charge >= 0.3 is 0 Å². The first-order valence-corrected chi connectivity index (χ1v) is 4.19. The third kappa shape index (κ3) is 0.876. The van der Waals surface area contributed by atoms with Crippen molar-refractivity contribution in [2.75, 3.05) is 0 Å². The Morgan fingerprint density at radius 1 is 0.615 bits per heavy atom. The van der Waals surface area contributed by atoms with Crippen LogP contribution in [0.5, 0.6) is 0 Å². The summed E-state index contributed by atoms with van der Waals surface area (Å²) in [4.78, 5) is 0. The van der Waals surface area contributed by atoms with E-state index in [0.29, 0.717) is 0 Å². The van der Waals surface area contributed by atoms with E-state index in [-0.39, 0.29) is 0 Å². The molecule has 0 spiro atoms. The number of hydrogen-bond acceptors (Lipinski definition) is 6. The monoisotopic (exact) mass is 190 g/mol. The number of fused-ring (bicyclic) bond motifs is 2. The molecule has 3 aliphatic rings. The third-order valence-electron chi connectivity index (χ3n) is 2.82. The summed E-state index contributed by atoms with van der Waals surface area (Å²) < 4.78 is 15.3. The van der Waals surface area contributed by atoms with Crippen molar-refractivity contribution in [1.82, 2.24) is 0 Å². The van der Waals surface area contributed by atoms with Gasteiger partial charge in [-0.3, -0.25) is 0 Å². The largest absolute Gasteiger partial charge is 0.387 e. The summed E-state index contributed by atoms with van der Waals surface area (Å²) in [6.45, 7) is -0.852. The molecule has 13 heavy (non-hydrogen) atoms. The van der Waals surface area contributed by atoms with Crippen LogP contribution in [0.4, 0.5) is 0 Å². The summed E-state index contributed by atoms with van der Waals surface area (Å²) in [6, 6.07) is 0. The van der Waals surface area contributed by atoms with E-state index in [4.69, 9.17) is 14.2 Å². The van der Waals surface area contributed by atoms with Gasteiger partial charge in [0, 0.05) is 0 Å². The molecule has 74 valence electrons. The SMILES string of the molecule is OC1C(O)C2OC3OC1C(O)C2O3. The van der Waals surface area contributed by atoms with E-state index in [1.54, 1.807) is 0 Å². The third-order valence-corrected chi connectivity index (χ3v) is 2.82. The highest BCUT2D eigenvalue weighted by molar-refractivity contribution is 5.05. The lowest BCUT2D eigenvalue weighted by molar-refractivity contribution is -0.322. The summed E-state index contributed by atoms with van der Waals surface area (Å²) in [6.07, 6.45) is -5.16. The molecule has 6 nitrogen and oxygen atoms in total.